The molecule has 8 nitrogen and oxygen atoms in total. The molecule has 0 spiro atoms. The lowest BCUT2D eigenvalue weighted by Gasteiger charge is -2.36. The van der Waals surface area contributed by atoms with E-state index in [-0.39, 0.29) is 4.21 Å². The van der Waals surface area contributed by atoms with Crippen LogP contribution in [0.5, 0.6) is 0 Å². The molecule has 50 heavy (non-hydrogen) atoms. The quantitative estimate of drug-likeness (QED) is 0.130. The number of fused-ring (bicyclic) bond motifs is 1. The number of hydrogen-bond acceptors (Lipinski definition) is 7. The van der Waals surface area contributed by atoms with Crippen molar-refractivity contribution in [1.29, 1.82) is 0 Å². The molecule has 0 N–H and O–H groups in total. The first-order chi connectivity index (χ1) is 24.2. The fourth-order valence-corrected chi connectivity index (χ4v) is 9.16. The summed E-state index contributed by atoms with van der Waals surface area (Å²) in [5.41, 5.74) is 6.83. The van der Waals surface area contributed by atoms with Crippen LogP contribution in [0.15, 0.2) is 138 Å². The summed E-state index contributed by atoms with van der Waals surface area (Å²) in [6, 6.07) is 41.1. The molecule has 0 aliphatic carbocycles. The minimum absolute atomic E-state index is 0.285. The van der Waals surface area contributed by atoms with Gasteiger partial charge in [0.2, 0.25) is 0 Å². The maximum Gasteiger partial charge on any atom is 0.252 e. The van der Waals surface area contributed by atoms with E-state index in [0.717, 1.165) is 49.3 Å². The summed E-state index contributed by atoms with van der Waals surface area (Å²) < 4.78 is 30.6. The van der Waals surface area contributed by atoms with Gasteiger partial charge in [0, 0.05) is 37.3 Å². The lowest BCUT2D eigenvalue weighted by molar-refractivity contribution is 0.359. The van der Waals surface area contributed by atoms with Crippen LogP contribution in [0.2, 0.25) is 0 Å². The van der Waals surface area contributed by atoms with Gasteiger partial charge >= 0.3 is 0 Å². The first-order valence-corrected chi connectivity index (χ1v) is 18.6. The van der Waals surface area contributed by atoms with Crippen molar-refractivity contribution in [2.24, 2.45) is 0 Å². The van der Waals surface area contributed by atoms with E-state index in [9.17, 15) is 8.42 Å². The molecule has 3 aromatic heterocycles. The van der Waals surface area contributed by atoms with Gasteiger partial charge in [0.25, 0.3) is 10.0 Å². The smallest absolute Gasteiger partial charge is 0.252 e. The summed E-state index contributed by atoms with van der Waals surface area (Å²) in [6.45, 7) is 3.06. The van der Waals surface area contributed by atoms with E-state index in [1.54, 1.807) is 13.1 Å². The summed E-state index contributed by atoms with van der Waals surface area (Å²) in [4.78, 5) is 11.9. The van der Waals surface area contributed by atoms with E-state index in [1.165, 1.54) is 22.0 Å². The Bertz CT molecular complexity index is 2260. The van der Waals surface area contributed by atoms with Crippen LogP contribution >= 0.6 is 11.3 Å². The molecule has 0 fully saturated rings. The van der Waals surface area contributed by atoms with Crippen LogP contribution in [0.25, 0.3) is 32.6 Å². The van der Waals surface area contributed by atoms with E-state index >= 15 is 0 Å². The van der Waals surface area contributed by atoms with Crippen LogP contribution in [0.3, 0.4) is 0 Å². The molecule has 3 heterocycles. The zero-order valence-corrected chi connectivity index (χ0v) is 30.1. The number of hydrogen-bond donors (Lipinski definition) is 0. The first-order valence-electron chi connectivity index (χ1n) is 16.4. The number of aromatic nitrogens is 4. The maximum atomic E-state index is 13.4. The molecule has 0 saturated carbocycles. The topological polar surface area (TPSA) is 84.2 Å². The third-order valence-electron chi connectivity index (χ3n) is 9.10. The van der Waals surface area contributed by atoms with Crippen molar-refractivity contribution in [2.75, 3.05) is 34.2 Å². The van der Waals surface area contributed by atoms with Gasteiger partial charge in [-0.25, -0.2) is 18.4 Å². The van der Waals surface area contributed by atoms with Gasteiger partial charge in [-0.05, 0) is 67.5 Å². The van der Waals surface area contributed by atoms with E-state index in [2.05, 4.69) is 106 Å². The molecule has 0 aliphatic rings. The van der Waals surface area contributed by atoms with Crippen molar-refractivity contribution >= 4 is 32.3 Å². The Hall–Kier alpha value is -5.00. The monoisotopic (exact) mass is 698 g/mol. The predicted octanol–water partition coefficient (Wildman–Crippen LogP) is 7.55. The normalized spacial score (nSPS) is 12.3. The molecule has 0 bridgehead atoms. The van der Waals surface area contributed by atoms with Gasteiger partial charge in [0.1, 0.15) is 16.1 Å². The van der Waals surface area contributed by atoms with Gasteiger partial charge in [-0.3, -0.25) is 4.68 Å². The van der Waals surface area contributed by atoms with E-state index in [0.29, 0.717) is 18.8 Å². The number of sulfonamides is 1. The van der Waals surface area contributed by atoms with Crippen LogP contribution in [-0.2, 0) is 15.6 Å². The molecular weight excluding hydrogens is 661 g/mol. The Kier molecular flexibility index (Phi) is 9.19. The lowest BCUT2D eigenvalue weighted by Crippen LogP contribution is -2.38. The number of likely N-dealkylation sites (N-methyl/N-ethyl adjacent to an activating group) is 2. The fraction of sp³-hybridized carbons (Fsp3) is 0.175. The Labute approximate surface area is 297 Å². The molecule has 0 aliphatic heterocycles. The highest BCUT2D eigenvalue weighted by atomic mass is 32.2. The number of aryl methyl sites for hydroxylation is 1. The summed E-state index contributed by atoms with van der Waals surface area (Å²) in [7, 11) is 1.83. The zero-order valence-electron chi connectivity index (χ0n) is 28.4. The summed E-state index contributed by atoms with van der Waals surface area (Å²) >= 11 is 1.23. The summed E-state index contributed by atoms with van der Waals surface area (Å²) in [5.74, 6) is 0. The third-order valence-corrected chi connectivity index (χ3v) is 12.5. The molecular formula is C40H38N6O2S2. The van der Waals surface area contributed by atoms with Gasteiger partial charge < -0.3 is 4.90 Å². The standard InChI is InChI=1S/C40H38N6O2S2/c1-29-35(27-46(43-29)40(31-14-8-5-9-15-31,32-16-10-6-11-17-32)33-18-12-7-13-19-33)30-20-21-36-34(26-30)39(42-28-41-36)37-22-23-38(49-37)50(47,48)45(4)25-24-44(2)3/h5-23,26-28H,24-25H2,1-4H3. The molecule has 10 heteroatoms. The van der Waals surface area contributed by atoms with Crippen molar-refractivity contribution < 1.29 is 8.42 Å². The molecule has 0 amide bonds. The van der Waals surface area contributed by atoms with Crippen LogP contribution in [0.4, 0.5) is 0 Å². The van der Waals surface area contributed by atoms with E-state index in [4.69, 9.17) is 5.10 Å². The number of rotatable bonds is 11. The molecule has 7 aromatic rings. The summed E-state index contributed by atoms with van der Waals surface area (Å²) in [5, 5.41) is 6.07. The first kappa shape index (κ1) is 33.5. The average molecular weight is 699 g/mol. The molecule has 0 radical (unpaired) electrons. The Morgan fingerprint density at radius 3 is 1.92 bits per heavy atom. The predicted molar refractivity (Wildman–Crippen MR) is 202 cm³/mol. The SMILES string of the molecule is Cc1nn(C(c2ccccc2)(c2ccccc2)c2ccccc2)cc1-c1ccc2ncnc(-c3ccc(S(=O)(=O)N(C)CCN(C)C)s3)c2c1. The van der Waals surface area contributed by atoms with Crippen LogP contribution in [-0.4, -0.2) is 71.6 Å². The molecule has 0 saturated heterocycles. The second-order valence-corrected chi connectivity index (χ2v) is 15.9. The van der Waals surface area contributed by atoms with Gasteiger partial charge in [0.15, 0.2) is 0 Å². The van der Waals surface area contributed by atoms with Crippen molar-refractivity contribution in [1.82, 2.24) is 29.0 Å². The highest BCUT2D eigenvalue weighted by Gasteiger charge is 2.39. The fourth-order valence-electron chi connectivity index (χ4n) is 6.47. The summed E-state index contributed by atoms with van der Waals surface area (Å²) in [6.07, 6.45) is 3.66. The van der Waals surface area contributed by atoms with Gasteiger partial charge in [-0.15, -0.1) is 11.3 Å². The van der Waals surface area contributed by atoms with Crippen molar-refractivity contribution in [3.05, 3.63) is 156 Å². The van der Waals surface area contributed by atoms with Gasteiger partial charge in [0.05, 0.1) is 21.8 Å². The minimum Gasteiger partial charge on any atom is -0.308 e. The Morgan fingerprint density at radius 1 is 0.740 bits per heavy atom. The molecule has 4 aromatic carbocycles. The second kappa shape index (κ2) is 13.7. The van der Waals surface area contributed by atoms with Gasteiger partial charge in [-0.2, -0.15) is 9.40 Å². The highest BCUT2D eigenvalue weighted by molar-refractivity contribution is 7.91. The van der Waals surface area contributed by atoms with Crippen molar-refractivity contribution in [2.45, 2.75) is 16.7 Å². The minimum atomic E-state index is -3.64. The molecule has 252 valence electrons. The van der Waals surface area contributed by atoms with Crippen molar-refractivity contribution in [3.8, 4) is 21.7 Å². The van der Waals surface area contributed by atoms with Crippen LogP contribution in [0.1, 0.15) is 22.4 Å². The second-order valence-electron chi connectivity index (χ2n) is 12.6. The molecule has 7 rings (SSSR count). The third kappa shape index (κ3) is 6.05. The number of benzene rings is 4. The largest absolute Gasteiger partial charge is 0.308 e. The van der Waals surface area contributed by atoms with E-state index in [1.807, 2.05) is 56.3 Å². The number of thiophene rings is 1. The molecule has 0 unspecified atom stereocenters. The van der Waals surface area contributed by atoms with E-state index < -0.39 is 15.6 Å². The maximum absolute atomic E-state index is 13.4. The number of nitrogens with zero attached hydrogens (tertiary/aromatic N) is 6. The van der Waals surface area contributed by atoms with Crippen LogP contribution in [0, 0.1) is 6.92 Å². The highest BCUT2D eigenvalue weighted by Crippen LogP contribution is 2.42. The van der Waals surface area contributed by atoms with Gasteiger partial charge in [-0.1, -0.05) is 97.1 Å². The average Bonchev–Trinajstić information content (AvgIpc) is 3.80. The molecule has 0 atom stereocenters. The lowest BCUT2D eigenvalue weighted by atomic mass is 9.77. The van der Waals surface area contributed by atoms with Crippen LogP contribution < -0.4 is 0 Å². The Balaban J connectivity index is 1.35. The zero-order chi connectivity index (χ0) is 34.9. The Morgan fingerprint density at radius 2 is 1.34 bits per heavy atom. The van der Waals surface area contributed by atoms with Crippen molar-refractivity contribution in [3.63, 3.8) is 0 Å².